The Hall–Kier alpha value is -2.15. The van der Waals surface area contributed by atoms with Crippen LogP contribution in [-0.2, 0) is 6.18 Å². The molecule has 0 saturated carbocycles. The standard InChI is InChI=1S/C16H12BrF3N2O/c1-10-5-6-12(8-14(10)17)15(23)22-21-9-11-3-2-4-13(7-11)16(18,19)20/h2-9H,1H3,(H,22,23). The Morgan fingerprint density at radius 3 is 2.61 bits per heavy atom. The highest BCUT2D eigenvalue weighted by atomic mass is 79.9. The molecule has 7 heteroatoms. The van der Waals surface area contributed by atoms with E-state index in [4.69, 9.17) is 0 Å². The van der Waals surface area contributed by atoms with E-state index in [2.05, 4.69) is 26.5 Å². The molecule has 2 aromatic rings. The summed E-state index contributed by atoms with van der Waals surface area (Å²) in [5.74, 6) is -0.450. The minimum Gasteiger partial charge on any atom is -0.267 e. The second kappa shape index (κ2) is 6.95. The average molecular weight is 385 g/mol. The zero-order chi connectivity index (χ0) is 17.0. The van der Waals surface area contributed by atoms with E-state index in [1.807, 2.05) is 6.92 Å². The lowest BCUT2D eigenvalue weighted by molar-refractivity contribution is -0.137. The van der Waals surface area contributed by atoms with E-state index in [1.54, 1.807) is 18.2 Å². The second-order valence-corrected chi connectivity index (χ2v) is 5.64. The molecule has 0 spiro atoms. The molecule has 0 radical (unpaired) electrons. The van der Waals surface area contributed by atoms with E-state index in [1.165, 1.54) is 12.1 Å². The molecule has 120 valence electrons. The molecule has 0 saturated heterocycles. The summed E-state index contributed by atoms with van der Waals surface area (Å²) in [4.78, 5) is 11.9. The average Bonchev–Trinajstić information content (AvgIpc) is 2.49. The van der Waals surface area contributed by atoms with Crippen molar-refractivity contribution in [3.05, 3.63) is 69.2 Å². The van der Waals surface area contributed by atoms with Crippen molar-refractivity contribution in [2.24, 2.45) is 5.10 Å². The summed E-state index contributed by atoms with van der Waals surface area (Å²) in [5.41, 5.74) is 3.13. The molecule has 0 atom stereocenters. The SMILES string of the molecule is Cc1ccc(C(=O)NN=Cc2cccc(C(F)(F)F)c2)cc1Br. The van der Waals surface area contributed by atoms with Crippen molar-refractivity contribution in [1.82, 2.24) is 5.43 Å². The molecule has 0 aromatic heterocycles. The van der Waals surface area contributed by atoms with Crippen LogP contribution >= 0.6 is 15.9 Å². The van der Waals surface area contributed by atoms with Gasteiger partial charge in [0.25, 0.3) is 5.91 Å². The van der Waals surface area contributed by atoms with Crippen molar-refractivity contribution in [3.63, 3.8) is 0 Å². The van der Waals surface area contributed by atoms with Crippen LogP contribution in [-0.4, -0.2) is 12.1 Å². The van der Waals surface area contributed by atoms with Gasteiger partial charge in [-0.1, -0.05) is 34.1 Å². The molecule has 0 heterocycles. The Labute approximate surface area is 139 Å². The highest BCUT2D eigenvalue weighted by Gasteiger charge is 2.30. The van der Waals surface area contributed by atoms with E-state index in [0.29, 0.717) is 5.56 Å². The van der Waals surface area contributed by atoms with Crippen LogP contribution in [0.3, 0.4) is 0 Å². The summed E-state index contributed by atoms with van der Waals surface area (Å²) in [5, 5.41) is 3.69. The Morgan fingerprint density at radius 1 is 1.22 bits per heavy atom. The number of amides is 1. The van der Waals surface area contributed by atoms with Gasteiger partial charge in [0, 0.05) is 10.0 Å². The zero-order valence-corrected chi connectivity index (χ0v) is 13.6. The normalized spacial score (nSPS) is 11.7. The van der Waals surface area contributed by atoms with Crippen LogP contribution in [0.25, 0.3) is 0 Å². The fraction of sp³-hybridized carbons (Fsp3) is 0.125. The molecule has 0 fully saturated rings. The van der Waals surface area contributed by atoms with Crippen LogP contribution in [0.4, 0.5) is 13.2 Å². The lowest BCUT2D eigenvalue weighted by atomic mass is 10.1. The van der Waals surface area contributed by atoms with E-state index < -0.39 is 17.6 Å². The Balaban J connectivity index is 2.06. The topological polar surface area (TPSA) is 41.5 Å². The number of rotatable bonds is 3. The van der Waals surface area contributed by atoms with Gasteiger partial charge in [0.05, 0.1) is 11.8 Å². The number of hydrogen-bond acceptors (Lipinski definition) is 2. The van der Waals surface area contributed by atoms with Gasteiger partial charge in [0.2, 0.25) is 0 Å². The Morgan fingerprint density at radius 2 is 1.96 bits per heavy atom. The van der Waals surface area contributed by atoms with E-state index in [-0.39, 0.29) is 5.56 Å². The van der Waals surface area contributed by atoms with Crippen LogP contribution in [0.15, 0.2) is 52.0 Å². The quantitative estimate of drug-likeness (QED) is 0.612. The second-order valence-electron chi connectivity index (χ2n) is 4.79. The Kier molecular flexibility index (Phi) is 5.20. The van der Waals surface area contributed by atoms with Crippen molar-refractivity contribution in [3.8, 4) is 0 Å². The van der Waals surface area contributed by atoms with Gasteiger partial charge in [-0.05, 0) is 42.3 Å². The summed E-state index contributed by atoms with van der Waals surface area (Å²) in [6.45, 7) is 1.89. The summed E-state index contributed by atoms with van der Waals surface area (Å²) >= 11 is 3.32. The monoisotopic (exact) mass is 384 g/mol. The largest absolute Gasteiger partial charge is 0.416 e. The predicted octanol–water partition coefficient (Wildman–Crippen LogP) is 4.54. The van der Waals surface area contributed by atoms with Crippen molar-refractivity contribution in [2.75, 3.05) is 0 Å². The highest BCUT2D eigenvalue weighted by molar-refractivity contribution is 9.10. The van der Waals surface area contributed by atoms with Gasteiger partial charge in [-0.25, -0.2) is 5.43 Å². The molecule has 0 aliphatic heterocycles. The van der Waals surface area contributed by atoms with Gasteiger partial charge in [0.15, 0.2) is 0 Å². The fourth-order valence-electron chi connectivity index (χ4n) is 1.76. The van der Waals surface area contributed by atoms with Crippen LogP contribution in [0, 0.1) is 6.92 Å². The molecule has 2 rings (SSSR count). The minimum absolute atomic E-state index is 0.241. The summed E-state index contributed by atoms with van der Waals surface area (Å²) in [6.07, 6.45) is -3.25. The number of halogens is 4. The van der Waals surface area contributed by atoms with Gasteiger partial charge in [-0.2, -0.15) is 18.3 Å². The van der Waals surface area contributed by atoms with Crippen molar-refractivity contribution in [1.29, 1.82) is 0 Å². The van der Waals surface area contributed by atoms with Gasteiger partial charge < -0.3 is 0 Å². The number of hydrogen-bond donors (Lipinski definition) is 1. The first-order valence-electron chi connectivity index (χ1n) is 6.54. The number of benzene rings is 2. The number of aryl methyl sites for hydroxylation is 1. The minimum atomic E-state index is -4.42. The van der Waals surface area contributed by atoms with Crippen LogP contribution in [0.5, 0.6) is 0 Å². The summed E-state index contributed by atoms with van der Waals surface area (Å²) in [6, 6.07) is 9.73. The molecule has 0 bridgehead atoms. The van der Waals surface area contributed by atoms with E-state index in [9.17, 15) is 18.0 Å². The van der Waals surface area contributed by atoms with Crippen molar-refractivity contribution >= 4 is 28.1 Å². The zero-order valence-electron chi connectivity index (χ0n) is 12.0. The maximum absolute atomic E-state index is 12.6. The smallest absolute Gasteiger partial charge is 0.267 e. The van der Waals surface area contributed by atoms with E-state index >= 15 is 0 Å². The lowest BCUT2D eigenvalue weighted by Crippen LogP contribution is -2.17. The molecule has 23 heavy (non-hydrogen) atoms. The third-order valence-corrected chi connectivity index (χ3v) is 3.88. The molecule has 3 nitrogen and oxygen atoms in total. The third-order valence-electron chi connectivity index (χ3n) is 3.03. The molecule has 1 N–H and O–H groups in total. The molecule has 2 aromatic carbocycles. The number of hydrazone groups is 1. The predicted molar refractivity (Wildman–Crippen MR) is 85.4 cm³/mol. The molecule has 1 amide bonds. The molecule has 0 aliphatic carbocycles. The van der Waals surface area contributed by atoms with Gasteiger partial charge in [-0.3, -0.25) is 4.79 Å². The van der Waals surface area contributed by atoms with Crippen molar-refractivity contribution in [2.45, 2.75) is 13.1 Å². The number of carbonyl (C=O) groups excluding carboxylic acids is 1. The van der Waals surface area contributed by atoms with Gasteiger partial charge in [0.1, 0.15) is 0 Å². The van der Waals surface area contributed by atoms with Crippen LogP contribution in [0.1, 0.15) is 27.0 Å². The maximum Gasteiger partial charge on any atom is 0.416 e. The molecule has 0 aliphatic rings. The Bertz CT molecular complexity index is 757. The maximum atomic E-state index is 12.6. The van der Waals surface area contributed by atoms with Crippen molar-refractivity contribution < 1.29 is 18.0 Å². The number of nitrogens with zero attached hydrogens (tertiary/aromatic N) is 1. The molecular formula is C16H12BrF3N2O. The first-order chi connectivity index (χ1) is 10.8. The molecular weight excluding hydrogens is 373 g/mol. The van der Waals surface area contributed by atoms with Gasteiger partial charge in [-0.15, -0.1) is 0 Å². The number of carbonyl (C=O) groups is 1. The van der Waals surface area contributed by atoms with Crippen LogP contribution < -0.4 is 5.43 Å². The first-order valence-corrected chi connectivity index (χ1v) is 7.33. The summed E-state index contributed by atoms with van der Waals surface area (Å²) < 4.78 is 38.6. The lowest BCUT2D eigenvalue weighted by Gasteiger charge is -2.06. The highest BCUT2D eigenvalue weighted by Crippen LogP contribution is 2.29. The fourth-order valence-corrected chi connectivity index (χ4v) is 2.14. The summed E-state index contributed by atoms with van der Waals surface area (Å²) in [7, 11) is 0. The number of nitrogens with one attached hydrogen (secondary N) is 1. The molecule has 0 unspecified atom stereocenters. The van der Waals surface area contributed by atoms with E-state index in [0.717, 1.165) is 28.4 Å². The third kappa shape index (κ3) is 4.66. The first kappa shape index (κ1) is 17.2. The van der Waals surface area contributed by atoms with Crippen LogP contribution in [0.2, 0.25) is 0 Å². The van der Waals surface area contributed by atoms with Gasteiger partial charge >= 0.3 is 6.18 Å². The number of alkyl halides is 3.